The Bertz CT molecular complexity index is 692. The summed E-state index contributed by atoms with van der Waals surface area (Å²) in [5, 5.41) is 5.68. The average Bonchev–Trinajstić information content (AvgIpc) is 2.60. The Kier molecular flexibility index (Phi) is 7.13. The lowest BCUT2D eigenvalue weighted by molar-refractivity contribution is 0.102. The number of rotatable bonds is 6. The Morgan fingerprint density at radius 2 is 1.62 bits per heavy atom. The van der Waals surface area contributed by atoms with Crippen LogP contribution in [0.25, 0.3) is 0 Å². The van der Waals surface area contributed by atoms with E-state index in [4.69, 9.17) is 14.2 Å². The summed E-state index contributed by atoms with van der Waals surface area (Å²) in [6.07, 6.45) is 1.57. The minimum Gasteiger partial charge on any atom is -0.496 e. The van der Waals surface area contributed by atoms with Crippen LogP contribution in [0.2, 0.25) is 0 Å². The van der Waals surface area contributed by atoms with Gasteiger partial charge in [0, 0.05) is 19.2 Å². The molecule has 0 aliphatic rings. The molecule has 1 aromatic heterocycles. The molecular weight excluding hydrogens is 334 g/mol. The molecule has 1 amide bonds. The van der Waals surface area contributed by atoms with Crippen molar-refractivity contribution >= 4 is 29.8 Å². The second-order valence-corrected chi connectivity index (χ2v) is 4.54. The molecule has 0 aliphatic heterocycles. The van der Waals surface area contributed by atoms with Crippen LogP contribution < -0.4 is 24.8 Å². The van der Waals surface area contributed by atoms with Crippen molar-refractivity contribution in [2.24, 2.45) is 0 Å². The third kappa shape index (κ3) is 4.20. The van der Waals surface area contributed by atoms with Gasteiger partial charge in [-0.1, -0.05) is 0 Å². The number of anilines is 2. The summed E-state index contributed by atoms with van der Waals surface area (Å²) in [5.74, 6) is 1.71. The van der Waals surface area contributed by atoms with Gasteiger partial charge in [-0.25, -0.2) is 4.98 Å². The van der Waals surface area contributed by atoms with Crippen molar-refractivity contribution in [1.82, 2.24) is 4.98 Å². The molecule has 0 saturated heterocycles. The van der Waals surface area contributed by atoms with E-state index < -0.39 is 0 Å². The van der Waals surface area contributed by atoms with Crippen molar-refractivity contribution in [3.63, 3.8) is 0 Å². The number of benzene rings is 1. The molecule has 0 spiro atoms. The van der Waals surface area contributed by atoms with Crippen LogP contribution in [0.5, 0.6) is 17.2 Å². The largest absolute Gasteiger partial charge is 0.496 e. The molecule has 0 aliphatic carbocycles. The first-order valence-corrected chi connectivity index (χ1v) is 6.88. The highest BCUT2D eigenvalue weighted by molar-refractivity contribution is 6.06. The van der Waals surface area contributed by atoms with Crippen LogP contribution >= 0.6 is 12.4 Å². The van der Waals surface area contributed by atoms with E-state index >= 15 is 0 Å². The maximum Gasteiger partial charge on any atom is 0.259 e. The Morgan fingerprint density at radius 3 is 2.12 bits per heavy atom. The van der Waals surface area contributed by atoms with Crippen LogP contribution in [-0.4, -0.2) is 39.3 Å². The van der Waals surface area contributed by atoms with Gasteiger partial charge in [-0.2, -0.15) is 0 Å². The van der Waals surface area contributed by atoms with E-state index in [-0.39, 0.29) is 18.3 Å². The summed E-state index contributed by atoms with van der Waals surface area (Å²) in [6.45, 7) is 0. The Hall–Kier alpha value is -2.67. The lowest BCUT2D eigenvalue weighted by Crippen LogP contribution is -2.14. The van der Waals surface area contributed by atoms with E-state index in [0.717, 1.165) is 0 Å². The smallest absolute Gasteiger partial charge is 0.259 e. The predicted octanol–water partition coefficient (Wildman–Crippen LogP) is 2.82. The molecule has 24 heavy (non-hydrogen) atoms. The fraction of sp³-hybridized carbons (Fsp3) is 0.250. The van der Waals surface area contributed by atoms with Crippen molar-refractivity contribution in [2.75, 3.05) is 39.0 Å². The van der Waals surface area contributed by atoms with Crippen LogP contribution in [-0.2, 0) is 0 Å². The normalized spacial score (nSPS) is 9.50. The molecule has 2 aromatic rings. The molecule has 0 bridgehead atoms. The number of carbonyl (C=O) groups excluding carboxylic acids is 1. The highest BCUT2D eigenvalue weighted by atomic mass is 35.5. The van der Waals surface area contributed by atoms with Gasteiger partial charge < -0.3 is 24.8 Å². The zero-order valence-corrected chi connectivity index (χ0v) is 14.7. The molecule has 130 valence electrons. The minimum atomic E-state index is -0.332. The van der Waals surface area contributed by atoms with Crippen LogP contribution in [0.3, 0.4) is 0 Å². The van der Waals surface area contributed by atoms with Crippen LogP contribution in [0.4, 0.5) is 11.5 Å². The summed E-state index contributed by atoms with van der Waals surface area (Å²) in [6, 6.07) is 6.70. The number of amides is 1. The number of nitrogens with zero attached hydrogens (tertiary/aromatic N) is 1. The van der Waals surface area contributed by atoms with E-state index in [1.807, 2.05) is 0 Å². The molecule has 0 unspecified atom stereocenters. The standard InChI is InChI=1S/C16H19N3O4.ClH/c1-17-15-6-5-10(9-18-15)19-16(20)11-7-13(22-3)14(23-4)8-12(11)21-2;/h5-9H,1-4H3,(H,17,18)(H,19,20);1H. The third-order valence-electron chi connectivity index (χ3n) is 3.23. The van der Waals surface area contributed by atoms with Gasteiger partial charge in [0.15, 0.2) is 11.5 Å². The van der Waals surface area contributed by atoms with Crippen molar-refractivity contribution in [3.8, 4) is 17.2 Å². The van der Waals surface area contributed by atoms with Gasteiger partial charge in [0.1, 0.15) is 11.6 Å². The SMILES string of the molecule is CNc1ccc(NC(=O)c2cc(OC)c(OC)cc2OC)cn1.Cl. The summed E-state index contributed by atoms with van der Waals surface area (Å²) in [5.41, 5.74) is 0.911. The Balaban J connectivity index is 0.00000288. The predicted molar refractivity (Wildman–Crippen MR) is 95.1 cm³/mol. The third-order valence-corrected chi connectivity index (χ3v) is 3.23. The number of aromatic nitrogens is 1. The van der Waals surface area contributed by atoms with Crippen molar-refractivity contribution in [3.05, 3.63) is 36.0 Å². The molecule has 2 rings (SSSR count). The molecule has 1 heterocycles. The van der Waals surface area contributed by atoms with Gasteiger partial charge >= 0.3 is 0 Å². The second-order valence-electron chi connectivity index (χ2n) is 4.54. The van der Waals surface area contributed by atoms with Crippen LogP contribution in [0.1, 0.15) is 10.4 Å². The molecule has 1 aromatic carbocycles. The molecule has 7 nitrogen and oxygen atoms in total. The van der Waals surface area contributed by atoms with Gasteiger partial charge in [-0.05, 0) is 12.1 Å². The average molecular weight is 354 g/mol. The number of hydrogen-bond donors (Lipinski definition) is 2. The molecule has 0 saturated carbocycles. The van der Waals surface area contributed by atoms with Gasteiger partial charge in [0.25, 0.3) is 5.91 Å². The molecule has 8 heteroatoms. The quantitative estimate of drug-likeness (QED) is 0.831. The summed E-state index contributed by atoms with van der Waals surface area (Å²) < 4.78 is 15.7. The number of nitrogens with one attached hydrogen (secondary N) is 2. The number of hydrogen-bond acceptors (Lipinski definition) is 6. The zero-order valence-electron chi connectivity index (χ0n) is 13.9. The van der Waals surface area contributed by atoms with E-state index in [1.54, 1.807) is 37.5 Å². The van der Waals surface area contributed by atoms with Crippen LogP contribution in [0, 0.1) is 0 Å². The first-order chi connectivity index (χ1) is 11.1. The first kappa shape index (κ1) is 19.4. The number of ether oxygens (including phenoxy) is 3. The second kappa shape index (κ2) is 8.83. The Labute approximate surface area is 146 Å². The lowest BCUT2D eigenvalue weighted by Gasteiger charge is -2.14. The van der Waals surface area contributed by atoms with Gasteiger partial charge in [-0.15, -0.1) is 12.4 Å². The number of halogens is 1. The van der Waals surface area contributed by atoms with E-state index in [2.05, 4.69) is 15.6 Å². The molecule has 0 atom stereocenters. The fourth-order valence-electron chi connectivity index (χ4n) is 2.02. The number of pyridine rings is 1. The van der Waals surface area contributed by atoms with Crippen molar-refractivity contribution in [2.45, 2.75) is 0 Å². The topological polar surface area (TPSA) is 81.7 Å². The number of carbonyl (C=O) groups is 1. The summed E-state index contributed by atoms with van der Waals surface area (Å²) >= 11 is 0. The van der Waals surface area contributed by atoms with Gasteiger partial charge in [-0.3, -0.25) is 4.79 Å². The molecule has 0 fully saturated rings. The zero-order chi connectivity index (χ0) is 16.8. The number of methoxy groups -OCH3 is 3. The van der Waals surface area contributed by atoms with Crippen molar-refractivity contribution in [1.29, 1.82) is 0 Å². The van der Waals surface area contributed by atoms with E-state index in [9.17, 15) is 4.79 Å². The molecule has 0 radical (unpaired) electrons. The lowest BCUT2D eigenvalue weighted by atomic mass is 10.1. The minimum absolute atomic E-state index is 0. The van der Waals surface area contributed by atoms with E-state index in [1.165, 1.54) is 21.3 Å². The fourth-order valence-corrected chi connectivity index (χ4v) is 2.02. The first-order valence-electron chi connectivity index (χ1n) is 6.88. The van der Waals surface area contributed by atoms with E-state index in [0.29, 0.717) is 34.3 Å². The monoisotopic (exact) mass is 353 g/mol. The maximum atomic E-state index is 12.5. The van der Waals surface area contributed by atoms with Crippen LogP contribution in [0.15, 0.2) is 30.5 Å². The van der Waals surface area contributed by atoms with Gasteiger partial charge in [0.2, 0.25) is 0 Å². The summed E-state index contributed by atoms with van der Waals surface area (Å²) in [7, 11) is 6.29. The summed E-state index contributed by atoms with van der Waals surface area (Å²) in [4.78, 5) is 16.6. The highest BCUT2D eigenvalue weighted by Gasteiger charge is 2.18. The highest BCUT2D eigenvalue weighted by Crippen LogP contribution is 2.34. The molecule has 2 N–H and O–H groups in total. The Morgan fingerprint density at radius 1 is 1.00 bits per heavy atom. The molecular formula is C16H20ClN3O4. The maximum absolute atomic E-state index is 12.5. The van der Waals surface area contributed by atoms with Gasteiger partial charge in [0.05, 0.1) is 38.8 Å². The van der Waals surface area contributed by atoms with Crippen molar-refractivity contribution < 1.29 is 19.0 Å².